The van der Waals surface area contributed by atoms with Crippen LogP contribution >= 0.6 is 27.5 Å². The molecule has 0 radical (unpaired) electrons. The molecule has 3 aromatic rings. The molecule has 0 amide bonds. The summed E-state index contributed by atoms with van der Waals surface area (Å²) in [6, 6.07) is 22.2. The Morgan fingerprint density at radius 3 is 2.65 bits per heavy atom. The van der Waals surface area contributed by atoms with Crippen molar-refractivity contribution in [2.45, 2.75) is 19.6 Å². The van der Waals surface area contributed by atoms with E-state index in [4.69, 9.17) is 21.3 Å². The van der Waals surface area contributed by atoms with Gasteiger partial charge in [-0.25, -0.2) is 4.99 Å². The maximum atomic E-state index is 6.20. The summed E-state index contributed by atoms with van der Waals surface area (Å²) in [7, 11) is 0. The van der Waals surface area contributed by atoms with E-state index in [0.29, 0.717) is 6.42 Å². The number of benzene rings is 3. The Kier molecular flexibility index (Phi) is 4.84. The van der Waals surface area contributed by atoms with Gasteiger partial charge in [0.05, 0.1) is 5.71 Å². The van der Waals surface area contributed by atoms with Crippen LogP contribution in [0.2, 0.25) is 5.02 Å². The van der Waals surface area contributed by atoms with Gasteiger partial charge in [0.1, 0.15) is 5.75 Å². The number of nitrogens with zero attached hydrogens (tertiary/aromatic N) is 1. The van der Waals surface area contributed by atoms with E-state index in [1.54, 1.807) is 0 Å². The van der Waals surface area contributed by atoms with Crippen molar-refractivity contribution in [1.82, 2.24) is 0 Å². The Balaban J connectivity index is 1.78. The minimum Gasteiger partial charge on any atom is -0.464 e. The van der Waals surface area contributed by atoms with Gasteiger partial charge in [-0.3, -0.25) is 0 Å². The molecular weight excluding hydrogens is 410 g/mol. The number of hydrogen-bond acceptors (Lipinski definition) is 2. The first-order valence-electron chi connectivity index (χ1n) is 8.43. The van der Waals surface area contributed by atoms with Crippen LogP contribution in [-0.4, -0.2) is 5.71 Å². The molecule has 0 spiro atoms. The summed E-state index contributed by atoms with van der Waals surface area (Å²) >= 11 is 9.82. The fourth-order valence-electron chi connectivity index (χ4n) is 3.08. The molecule has 26 heavy (non-hydrogen) atoms. The first-order chi connectivity index (χ1) is 12.6. The van der Waals surface area contributed by atoms with Crippen LogP contribution in [0.3, 0.4) is 0 Å². The maximum Gasteiger partial charge on any atom is 0.216 e. The molecule has 0 aliphatic carbocycles. The quantitative estimate of drug-likeness (QED) is 0.466. The molecule has 0 N–H and O–H groups in total. The number of aliphatic imine (C=N–C) groups is 1. The molecule has 1 aliphatic heterocycles. The molecule has 1 unspecified atom stereocenters. The molecular formula is C22H17BrClNO. The van der Waals surface area contributed by atoms with Crippen LogP contribution in [0.1, 0.15) is 28.5 Å². The maximum absolute atomic E-state index is 6.20. The minimum absolute atomic E-state index is 0.335. The highest BCUT2D eigenvalue weighted by Crippen LogP contribution is 2.34. The Morgan fingerprint density at radius 2 is 1.85 bits per heavy atom. The molecule has 1 aliphatic rings. The molecule has 3 aromatic carbocycles. The van der Waals surface area contributed by atoms with Crippen molar-refractivity contribution in [2.75, 3.05) is 0 Å². The third-order valence-corrected chi connectivity index (χ3v) is 5.42. The molecule has 0 saturated carbocycles. The van der Waals surface area contributed by atoms with E-state index >= 15 is 0 Å². The van der Waals surface area contributed by atoms with Gasteiger partial charge in [-0.05, 0) is 48.4 Å². The smallest absolute Gasteiger partial charge is 0.216 e. The summed E-state index contributed by atoms with van der Waals surface area (Å²) in [6.45, 7) is 2.07. The fraction of sp³-hybridized carbons (Fsp3) is 0.136. The predicted molar refractivity (Wildman–Crippen MR) is 110 cm³/mol. The van der Waals surface area contributed by atoms with Crippen molar-refractivity contribution in [3.8, 4) is 5.75 Å². The summed E-state index contributed by atoms with van der Waals surface area (Å²) in [5.74, 6) is 0.877. The van der Waals surface area contributed by atoms with Crippen molar-refractivity contribution in [1.29, 1.82) is 0 Å². The Morgan fingerprint density at radius 1 is 1.04 bits per heavy atom. The van der Waals surface area contributed by atoms with Crippen LogP contribution in [-0.2, 0) is 6.42 Å². The predicted octanol–water partition coefficient (Wildman–Crippen LogP) is 6.53. The largest absolute Gasteiger partial charge is 0.464 e. The highest BCUT2D eigenvalue weighted by atomic mass is 79.9. The van der Waals surface area contributed by atoms with E-state index in [-0.39, 0.29) is 6.23 Å². The molecule has 0 bridgehead atoms. The van der Waals surface area contributed by atoms with E-state index in [9.17, 15) is 0 Å². The SMILES string of the molecule is Cc1ccc2c(c1)OC(c1ccccc1)N=C2Cc1cc(Cl)ccc1Br. The van der Waals surface area contributed by atoms with Crippen molar-refractivity contribution in [3.63, 3.8) is 0 Å². The van der Waals surface area contributed by atoms with Crippen molar-refractivity contribution < 1.29 is 4.74 Å². The van der Waals surface area contributed by atoms with E-state index in [1.807, 2.05) is 48.5 Å². The van der Waals surface area contributed by atoms with Crippen LogP contribution in [0.25, 0.3) is 0 Å². The van der Waals surface area contributed by atoms with Gasteiger partial charge in [0.2, 0.25) is 6.23 Å². The second-order valence-electron chi connectivity index (χ2n) is 6.37. The zero-order chi connectivity index (χ0) is 18.1. The summed E-state index contributed by atoms with van der Waals surface area (Å²) < 4.78 is 7.22. The lowest BCUT2D eigenvalue weighted by Gasteiger charge is -2.25. The monoisotopic (exact) mass is 425 g/mol. The minimum atomic E-state index is -0.335. The number of aryl methyl sites for hydroxylation is 1. The zero-order valence-electron chi connectivity index (χ0n) is 14.2. The lowest BCUT2D eigenvalue weighted by Crippen LogP contribution is -2.19. The number of hydrogen-bond donors (Lipinski definition) is 0. The van der Waals surface area contributed by atoms with Crippen LogP contribution in [0.4, 0.5) is 0 Å². The average Bonchev–Trinajstić information content (AvgIpc) is 2.65. The third-order valence-electron chi connectivity index (χ3n) is 4.41. The summed E-state index contributed by atoms with van der Waals surface area (Å²) in [5, 5.41) is 0.722. The van der Waals surface area contributed by atoms with Crippen LogP contribution in [0, 0.1) is 6.92 Å². The summed E-state index contributed by atoms with van der Waals surface area (Å²) in [6.07, 6.45) is 0.350. The normalized spacial score (nSPS) is 15.8. The van der Waals surface area contributed by atoms with Gasteiger partial charge in [0.15, 0.2) is 0 Å². The second kappa shape index (κ2) is 7.26. The number of fused-ring (bicyclic) bond motifs is 1. The van der Waals surface area contributed by atoms with Gasteiger partial charge in [-0.2, -0.15) is 0 Å². The Labute approximate surface area is 166 Å². The van der Waals surface area contributed by atoms with Gasteiger partial charge in [-0.15, -0.1) is 0 Å². The van der Waals surface area contributed by atoms with Crippen molar-refractivity contribution >= 4 is 33.2 Å². The van der Waals surface area contributed by atoms with Gasteiger partial charge >= 0.3 is 0 Å². The number of ether oxygens (including phenoxy) is 1. The van der Waals surface area contributed by atoms with Gasteiger partial charge in [0.25, 0.3) is 0 Å². The van der Waals surface area contributed by atoms with Crippen LogP contribution in [0.5, 0.6) is 5.75 Å². The van der Waals surface area contributed by atoms with E-state index in [2.05, 4.69) is 41.1 Å². The number of rotatable bonds is 3. The standard InChI is InChI=1S/C22H17BrClNO/c1-14-7-9-18-20(13-16-12-17(24)8-10-19(16)23)25-22(26-21(18)11-14)15-5-3-2-4-6-15/h2-12,22H,13H2,1H3. The van der Waals surface area contributed by atoms with Crippen LogP contribution < -0.4 is 4.74 Å². The van der Waals surface area contributed by atoms with Gasteiger partial charge < -0.3 is 4.74 Å². The highest BCUT2D eigenvalue weighted by Gasteiger charge is 2.24. The fourth-order valence-corrected chi connectivity index (χ4v) is 3.66. The second-order valence-corrected chi connectivity index (χ2v) is 7.66. The van der Waals surface area contributed by atoms with Crippen molar-refractivity contribution in [2.24, 2.45) is 4.99 Å². The third kappa shape index (κ3) is 3.55. The average molecular weight is 427 g/mol. The molecule has 2 nitrogen and oxygen atoms in total. The van der Waals surface area contributed by atoms with E-state index in [1.165, 1.54) is 5.56 Å². The van der Waals surface area contributed by atoms with Crippen LogP contribution in [0.15, 0.2) is 76.2 Å². The topological polar surface area (TPSA) is 21.6 Å². The van der Waals surface area contributed by atoms with E-state index < -0.39 is 0 Å². The lowest BCUT2D eigenvalue weighted by molar-refractivity contribution is 0.210. The molecule has 130 valence electrons. The molecule has 0 fully saturated rings. The van der Waals surface area contributed by atoms with Gasteiger partial charge in [0, 0.05) is 27.0 Å². The first kappa shape index (κ1) is 17.3. The van der Waals surface area contributed by atoms with Crippen molar-refractivity contribution in [3.05, 3.63) is 98.5 Å². The zero-order valence-corrected chi connectivity index (χ0v) is 16.6. The molecule has 1 heterocycles. The lowest BCUT2D eigenvalue weighted by atomic mass is 9.98. The Hall–Kier alpha value is -2.10. The highest BCUT2D eigenvalue weighted by molar-refractivity contribution is 9.10. The first-order valence-corrected chi connectivity index (χ1v) is 9.60. The molecule has 0 saturated heterocycles. The summed E-state index contributed by atoms with van der Waals surface area (Å²) in [5.41, 5.74) is 5.36. The molecule has 4 heteroatoms. The van der Waals surface area contributed by atoms with Gasteiger partial charge in [-0.1, -0.05) is 63.9 Å². The van der Waals surface area contributed by atoms with E-state index in [0.717, 1.165) is 37.6 Å². The molecule has 0 aromatic heterocycles. The Bertz CT molecular complexity index is 985. The molecule has 1 atom stereocenters. The number of halogens is 2. The summed E-state index contributed by atoms with van der Waals surface area (Å²) in [4.78, 5) is 4.92. The molecule has 4 rings (SSSR count).